The van der Waals surface area contributed by atoms with Gasteiger partial charge in [0.2, 0.25) is 11.8 Å². The number of nitrogens with one attached hydrogen (secondary N) is 1. The highest BCUT2D eigenvalue weighted by Crippen LogP contribution is 2.34. The van der Waals surface area contributed by atoms with Gasteiger partial charge in [-0.3, -0.25) is 9.78 Å². The fraction of sp³-hybridized carbons (Fsp3) is 0.0909. The molecule has 0 aliphatic rings. The standard InChI is InChI=1S/C22H17F3N6O3S/c23-22(24,25)34-15-3-1-2-14(8-15)29-19(32)13-6-4-12(5-7-13)17-18(26)30-21(27)31-20(17)33-10-16-9-28-11-35-16/h1-9,11H,10H2,(H,29,32)(H4,26,27,30,31). The second kappa shape index (κ2) is 9.85. The summed E-state index contributed by atoms with van der Waals surface area (Å²) in [6, 6.07) is 11.2. The van der Waals surface area contributed by atoms with Crippen LogP contribution in [0.1, 0.15) is 15.2 Å². The number of amides is 1. The van der Waals surface area contributed by atoms with E-state index in [9.17, 15) is 18.0 Å². The van der Waals surface area contributed by atoms with Crippen molar-refractivity contribution < 1.29 is 27.4 Å². The van der Waals surface area contributed by atoms with E-state index in [4.69, 9.17) is 16.2 Å². The number of carbonyl (C=O) groups excluding carboxylic acids is 1. The van der Waals surface area contributed by atoms with E-state index in [1.807, 2.05) is 0 Å². The molecule has 0 atom stereocenters. The molecule has 0 aliphatic carbocycles. The molecule has 9 nitrogen and oxygen atoms in total. The van der Waals surface area contributed by atoms with E-state index < -0.39 is 18.0 Å². The van der Waals surface area contributed by atoms with Crippen molar-refractivity contribution in [2.24, 2.45) is 0 Å². The fourth-order valence-corrected chi connectivity index (χ4v) is 3.57. The number of thiazole rings is 1. The first-order valence-electron chi connectivity index (χ1n) is 9.89. The Morgan fingerprint density at radius 1 is 1.09 bits per heavy atom. The van der Waals surface area contributed by atoms with Gasteiger partial charge in [0, 0.05) is 23.5 Å². The first-order chi connectivity index (χ1) is 16.7. The van der Waals surface area contributed by atoms with E-state index in [2.05, 4.69) is 25.0 Å². The van der Waals surface area contributed by atoms with Crippen molar-refractivity contribution in [3.05, 3.63) is 70.7 Å². The molecule has 0 saturated carbocycles. The lowest BCUT2D eigenvalue weighted by Gasteiger charge is -2.13. The molecule has 0 bridgehead atoms. The van der Waals surface area contributed by atoms with Crippen LogP contribution >= 0.6 is 11.3 Å². The highest BCUT2D eigenvalue weighted by atomic mass is 32.1. The van der Waals surface area contributed by atoms with Crippen molar-refractivity contribution in [1.29, 1.82) is 0 Å². The van der Waals surface area contributed by atoms with Gasteiger partial charge in [-0.15, -0.1) is 24.5 Å². The van der Waals surface area contributed by atoms with Crippen LogP contribution in [-0.2, 0) is 6.61 Å². The Bertz CT molecular complexity index is 1330. The average Bonchev–Trinajstić information content (AvgIpc) is 3.30. The topological polar surface area (TPSA) is 138 Å². The lowest BCUT2D eigenvalue weighted by atomic mass is 10.0. The smallest absolute Gasteiger partial charge is 0.471 e. The predicted octanol–water partition coefficient (Wildman–Crippen LogP) is 4.49. The van der Waals surface area contributed by atoms with Crippen LogP contribution in [0.3, 0.4) is 0 Å². The minimum Gasteiger partial charge on any atom is -0.471 e. The number of halogens is 3. The van der Waals surface area contributed by atoms with E-state index in [-0.39, 0.29) is 35.5 Å². The highest BCUT2D eigenvalue weighted by molar-refractivity contribution is 7.09. The Hall–Kier alpha value is -4.39. The third kappa shape index (κ3) is 6.14. The van der Waals surface area contributed by atoms with E-state index in [1.165, 1.54) is 35.6 Å². The van der Waals surface area contributed by atoms with Gasteiger partial charge < -0.3 is 26.3 Å². The molecule has 5 N–H and O–H groups in total. The fourth-order valence-electron chi connectivity index (χ4n) is 3.07. The van der Waals surface area contributed by atoms with E-state index >= 15 is 0 Å². The minimum atomic E-state index is -4.84. The summed E-state index contributed by atoms with van der Waals surface area (Å²) in [7, 11) is 0. The van der Waals surface area contributed by atoms with Crippen molar-refractivity contribution in [2.45, 2.75) is 13.0 Å². The van der Waals surface area contributed by atoms with E-state index in [0.29, 0.717) is 11.1 Å². The molecule has 2 aromatic carbocycles. The number of benzene rings is 2. The molecule has 0 unspecified atom stereocenters. The van der Waals surface area contributed by atoms with Crippen molar-refractivity contribution in [3.63, 3.8) is 0 Å². The zero-order valence-electron chi connectivity index (χ0n) is 17.7. The molecule has 2 aromatic heterocycles. The summed E-state index contributed by atoms with van der Waals surface area (Å²) in [5.74, 6) is -0.782. The molecule has 4 aromatic rings. The summed E-state index contributed by atoms with van der Waals surface area (Å²) in [6.45, 7) is 0.200. The Kier molecular flexibility index (Phi) is 6.68. The number of alkyl halides is 3. The van der Waals surface area contributed by atoms with Crippen molar-refractivity contribution in [3.8, 4) is 22.8 Å². The highest BCUT2D eigenvalue weighted by Gasteiger charge is 2.31. The summed E-state index contributed by atoms with van der Waals surface area (Å²) in [5.41, 5.74) is 14.8. The molecule has 0 fully saturated rings. The second-order valence-corrected chi connectivity index (χ2v) is 7.98. The predicted molar refractivity (Wildman–Crippen MR) is 124 cm³/mol. The minimum absolute atomic E-state index is 0.0571. The second-order valence-electron chi connectivity index (χ2n) is 7.01. The van der Waals surface area contributed by atoms with Gasteiger partial charge in [0.25, 0.3) is 5.91 Å². The number of nitrogen functional groups attached to an aromatic ring is 2. The lowest BCUT2D eigenvalue weighted by molar-refractivity contribution is -0.274. The molecule has 0 spiro atoms. The number of nitrogens with zero attached hydrogens (tertiary/aromatic N) is 3. The molecule has 13 heteroatoms. The number of nitrogens with two attached hydrogens (primary N) is 2. The maximum Gasteiger partial charge on any atom is 0.573 e. The van der Waals surface area contributed by atoms with Crippen LogP contribution in [0, 0.1) is 0 Å². The Morgan fingerprint density at radius 3 is 2.54 bits per heavy atom. The quantitative estimate of drug-likeness (QED) is 0.336. The molecule has 0 aliphatic heterocycles. The summed E-state index contributed by atoms with van der Waals surface area (Å²) in [4.78, 5) is 25.6. The SMILES string of the molecule is Nc1nc(N)c(-c2ccc(C(=O)Nc3cccc(OC(F)(F)F)c3)cc2)c(OCc2cncs2)n1. The molecular weight excluding hydrogens is 485 g/mol. The van der Waals surface area contributed by atoms with Crippen LogP contribution in [-0.4, -0.2) is 27.2 Å². The maximum absolute atomic E-state index is 12.6. The molecular formula is C22H17F3N6O3S. The number of hydrogen-bond acceptors (Lipinski definition) is 9. The third-order valence-corrected chi connectivity index (χ3v) is 5.27. The van der Waals surface area contributed by atoms with Crippen LogP contribution in [0.4, 0.5) is 30.6 Å². The summed E-state index contributed by atoms with van der Waals surface area (Å²) in [6.07, 6.45) is -3.17. The Balaban J connectivity index is 1.52. The van der Waals surface area contributed by atoms with Crippen LogP contribution in [0.25, 0.3) is 11.1 Å². The van der Waals surface area contributed by atoms with Gasteiger partial charge in [0.15, 0.2) is 0 Å². The van der Waals surface area contributed by atoms with E-state index in [0.717, 1.165) is 17.0 Å². The summed E-state index contributed by atoms with van der Waals surface area (Å²) >= 11 is 1.41. The summed E-state index contributed by atoms with van der Waals surface area (Å²) < 4.78 is 47.0. The maximum atomic E-state index is 12.6. The normalized spacial score (nSPS) is 11.2. The molecule has 4 rings (SSSR count). The van der Waals surface area contributed by atoms with Gasteiger partial charge in [-0.2, -0.15) is 9.97 Å². The third-order valence-electron chi connectivity index (χ3n) is 4.52. The number of rotatable bonds is 7. The molecule has 1 amide bonds. The average molecular weight is 502 g/mol. The van der Waals surface area contributed by atoms with Gasteiger partial charge >= 0.3 is 6.36 Å². The number of hydrogen-bond donors (Lipinski definition) is 3. The van der Waals surface area contributed by atoms with Crippen molar-refractivity contribution in [2.75, 3.05) is 16.8 Å². The van der Waals surface area contributed by atoms with E-state index in [1.54, 1.807) is 23.8 Å². The van der Waals surface area contributed by atoms with Crippen LogP contribution in [0.5, 0.6) is 11.6 Å². The molecule has 0 radical (unpaired) electrons. The molecule has 180 valence electrons. The van der Waals surface area contributed by atoms with Gasteiger partial charge in [-0.25, -0.2) is 0 Å². The molecule has 0 saturated heterocycles. The van der Waals surface area contributed by atoms with Gasteiger partial charge in [-0.1, -0.05) is 18.2 Å². The monoisotopic (exact) mass is 502 g/mol. The number of carbonyl (C=O) groups is 1. The largest absolute Gasteiger partial charge is 0.573 e. The van der Waals surface area contributed by atoms with Crippen LogP contribution in [0.15, 0.2) is 60.2 Å². The first-order valence-corrected chi connectivity index (χ1v) is 10.8. The Morgan fingerprint density at radius 2 is 1.86 bits per heavy atom. The van der Waals surface area contributed by atoms with Gasteiger partial charge in [-0.05, 0) is 29.8 Å². The van der Waals surface area contributed by atoms with Crippen LogP contribution in [0.2, 0.25) is 0 Å². The Labute approximate surface area is 200 Å². The summed E-state index contributed by atoms with van der Waals surface area (Å²) in [5, 5.41) is 2.53. The molecule has 2 heterocycles. The van der Waals surface area contributed by atoms with Gasteiger partial charge in [0.05, 0.1) is 16.0 Å². The lowest BCUT2D eigenvalue weighted by Crippen LogP contribution is -2.17. The molecule has 35 heavy (non-hydrogen) atoms. The number of aromatic nitrogens is 3. The van der Waals surface area contributed by atoms with Crippen LogP contribution < -0.4 is 26.3 Å². The zero-order valence-corrected chi connectivity index (χ0v) is 18.6. The number of ether oxygens (including phenoxy) is 2. The zero-order chi connectivity index (χ0) is 25.0. The first kappa shape index (κ1) is 23.8. The van der Waals surface area contributed by atoms with Gasteiger partial charge in [0.1, 0.15) is 18.2 Å². The van der Waals surface area contributed by atoms with Crippen molar-refractivity contribution >= 4 is 34.7 Å². The number of anilines is 3. The van der Waals surface area contributed by atoms with Crippen molar-refractivity contribution in [1.82, 2.24) is 15.0 Å².